The summed E-state index contributed by atoms with van der Waals surface area (Å²) >= 11 is 0. The van der Waals surface area contributed by atoms with Crippen LogP contribution in [0.25, 0.3) is 6.08 Å². The summed E-state index contributed by atoms with van der Waals surface area (Å²) in [6.07, 6.45) is 6.53. The van der Waals surface area contributed by atoms with Crippen LogP contribution in [0.3, 0.4) is 0 Å². The van der Waals surface area contributed by atoms with Crippen LogP contribution in [0.5, 0.6) is 0 Å². The van der Waals surface area contributed by atoms with E-state index < -0.39 is 0 Å². The fourth-order valence-electron chi connectivity index (χ4n) is 0.587. The number of aryl methyl sites for hydroxylation is 1. The van der Waals surface area contributed by atoms with E-state index in [2.05, 4.69) is 9.97 Å². The fourth-order valence-corrected chi connectivity index (χ4v) is 0.587. The Bertz CT molecular complexity index is 225. The molecule has 0 atom stereocenters. The Balaban J connectivity index is 2.89. The van der Waals surface area contributed by atoms with Crippen LogP contribution in [0.4, 0.5) is 0 Å². The predicted molar refractivity (Wildman–Crippen MR) is 40.0 cm³/mol. The molecule has 0 fully saturated rings. The van der Waals surface area contributed by atoms with Gasteiger partial charge in [0.05, 0.1) is 17.6 Å². The van der Waals surface area contributed by atoms with Gasteiger partial charge in [-0.3, -0.25) is 9.97 Å². The predicted octanol–water partition coefficient (Wildman–Crippen LogP) is 0.714. The molecule has 0 radical (unpaired) electrons. The number of hydrogen-bond acceptors (Lipinski definition) is 3. The van der Waals surface area contributed by atoms with Gasteiger partial charge in [-0.05, 0) is 19.2 Å². The second-order valence-electron chi connectivity index (χ2n) is 1.94. The topological polar surface area (TPSA) is 51.8 Å². The van der Waals surface area contributed by atoms with E-state index in [0.29, 0.717) is 0 Å². The lowest BCUT2D eigenvalue weighted by atomic mass is 10.4. The summed E-state index contributed by atoms with van der Waals surface area (Å²) in [5.74, 6) is 0. The molecule has 0 aliphatic heterocycles. The van der Waals surface area contributed by atoms with Gasteiger partial charge >= 0.3 is 0 Å². The highest BCUT2D eigenvalue weighted by Crippen LogP contribution is 1.94. The Labute approximate surface area is 59.6 Å². The maximum Gasteiger partial charge on any atom is 0.0827 e. The van der Waals surface area contributed by atoms with E-state index in [9.17, 15) is 0 Å². The third-order valence-corrected chi connectivity index (χ3v) is 1.07. The second kappa shape index (κ2) is 2.96. The first kappa shape index (κ1) is 6.74. The molecule has 0 bridgehead atoms. The molecular weight excluding hydrogens is 126 g/mol. The molecule has 0 aliphatic rings. The van der Waals surface area contributed by atoms with Crippen LogP contribution in [0.2, 0.25) is 0 Å². The lowest BCUT2D eigenvalue weighted by Gasteiger charge is -1.90. The van der Waals surface area contributed by atoms with Gasteiger partial charge in [0, 0.05) is 6.20 Å². The molecule has 3 nitrogen and oxygen atoms in total. The molecule has 0 unspecified atom stereocenters. The normalized spacial score (nSPS) is 10.5. The zero-order chi connectivity index (χ0) is 7.40. The molecule has 10 heavy (non-hydrogen) atoms. The summed E-state index contributed by atoms with van der Waals surface area (Å²) in [6, 6.07) is 0. The highest BCUT2D eigenvalue weighted by Gasteiger charge is 1.86. The summed E-state index contributed by atoms with van der Waals surface area (Å²) < 4.78 is 0. The van der Waals surface area contributed by atoms with Crippen molar-refractivity contribution in [2.75, 3.05) is 0 Å². The first-order valence-electron chi connectivity index (χ1n) is 3.00. The first-order chi connectivity index (χ1) is 4.83. The van der Waals surface area contributed by atoms with Gasteiger partial charge in [0.2, 0.25) is 0 Å². The maximum absolute atomic E-state index is 5.15. The van der Waals surface area contributed by atoms with Crippen molar-refractivity contribution in [3.05, 3.63) is 30.0 Å². The fraction of sp³-hybridized carbons (Fsp3) is 0.143. The van der Waals surface area contributed by atoms with E-state index in [4.69, 9.17) is 5.73 Å². The molecule has 0 amide bonds. The second-order valence-corrected chi connectivity index (χ2v) is 1.94. The Hall–Kier alpha value is -1.38. The number of nitrogens with zero attached hydrogens (tertiary/aromatic N) is 2. The van der Waals surface area contributed by atoms with Gasteiger partial charge in [0.1, 0.15) is 0 Å². The van der Waals surface area contributed by atoms with Crippen LogP contribution in [0, 0.1) is 6.92 Å². The SMILES string of the molecule is Cc1cnc(C=CN)cn1. The van der Waals surface area contributed by atoms with Crippen LogP contribution in [0.1, 0.15) is 11.4 Å². The van der Waals surface area contributed by atoms with Crippen molar-refractivity contribution in [3.63, 3.8) is 0 Å². The van der Waals surface area contributed by atoms with Crippen molar-refractivity contribution >= 4 is 6.08 Å². The molecule has 1 aromatic rings. The Morgan fingerprint density at radius 3 is 2.70 bits per heavy atom. The number of hydrogen-bond donors (Lipinski definition) is 1. The van der Waals surface area contributed by atoms with Crippen LogP contribution < -0.4 is 5.73 Å². The van der Waals surface area contributed by atoms with Crippen molar-refractivity contribution < 1.29 is 0 Å². The number of rotatable bonds is 1. The minimum absolute atomic E-state index is 0.785. The van der Waals surface area contributed by atoms with E-state index in [1.54, 1.807) is 18.5 Å². The molecule has 0 saturated carbocycles. The summed E-state index contributed by atoms with van der Waals surface area (Å²) in [5, 5.41) is 0. The third-order valence-electron chi connectivity index (χ3n) is 1.07. The highest BCUT2D eigenvalue weighted by molar-refractivity contribution is 5.41. The van der Waals surface area contributed by atoms with Crippen molar-refractivity contribution in [3.8, 4) is 0 Å². The van der Waals surface area contributed by atoms with Crippen molar-refractivity contribution in [1.29, 1.82) is 0 Å². The molecular formula is C7H9N3. The summed E-state index contributed by atoms with van der Waals surface area (Å²) in [6.45, 7) is 1.89. The van der Waals surface area contributed by atoms with E-state index in [1.807, 2.05) is 6.92 Å². The zero-order valence-corrected chi connectivity index (χ0v) is 5.78. The van der Waals surface area contributed by atoms with Crippen molar-refractivity contribution in [1.82, 2.24) is 9.97 Å². The molecule has 2 N–H and O–H groups in total. The van der Waals surface area contributed by atoms with Gasteiger partial charge in [0.15, 0.2) is 0 Å². The van der Waals surface area contributed by atoms with Crippen LogP contribution in [-0.4, -0.2) is 9.97 Å². The largest absolute Gasteiger partial charge is 0.405 e. The standard InChI is InChI=1S/C7H9N3/c1-6-4-10-7(2-3-8)5-9-6/h2-5H,8H2,1H3. The van der Waals surface area contributed by atoms with Gasteiger partial charge in [0.25, 0.3) is 0 Å². The molecule has 0 spiro atoms. The molecule has 0 aromatic carbocycles. The summed E-state index contributed by atoms with van der Waals surface area (Å²) in [4.78, 5) is 8.07. The van der Waals surface area contributed by atoms with Crippen LogP contribution >= 0.6 is 0 Å². The summed E-state index contributed by atoms with van der Waals surface area (Å²) in [7, 11) is 0. The molecule has 1 rings (SSSR count). The van der Waals surface area contributed by atoms with Crippen LogP contribution in [0.15, 0.2) is 18.6 Å². The highest BCUT2D eigenvalue weighted by atomic mass is 14.8. The zero-order valence-electron chi connectivity index (χ0n) is 5.78. The Kier molecular flexibility index (Phi) is 1.99. The minimum Gasteiger partial charge on any atom is -0.405 e. The first-order valence-corrected chi connectivity index (χ1v) is 3.00. The van der Waals surface area contributed by atoms with E-state index in [-0.39, 0.29) is 0 Å². The average Bonchev–Trinajstić information content (AvgIpc) is 1.95. The van der Waals surface area contributed by atoms with Crippen LogP contribution in [-0.2, 0) is 0 Å². The van der Waals surface area contributed by atoms with E-state index >= 15 is 0 Å². The lowest BCUT2D eigenvalue weighted by molar-refractivity contribution is 1.10. The lowest BCUT2D eigenvalue weighted by Crippen LogP contribution is -1.86. The van der Waals surface area contributed by atoms with Crippen molar-refractivity contribution in [2.24, 2.45) is 5.73 Å². The van der Waals surface area contributed by atoms with Crippen molar-refractivity contribution in [2.45, 2.75) is 6.92 Å². The average molecular weight is 135 g/mol. The Morgan fingerprint density at radius 2 is 2.20 bits per heavy atom. The molecule has 1 aromatic heterocycles. The van der Waals surface area contributed by atoms with E-state index in [1.165, 1.54) is 6.20 Å². The van der Waals surface area contributed by atoms with Gasteiger partial charge < -0.3 is 5.73 Å². The molecule has 0 aliphatic carbocycles. The van der Waals surface area contributed by atoms with Gasteiger partial charge in [-0.15, -0.1) is 0 Å². The Morgan fingerprint density at radius 1 is 1.40 bits per heavy atom. The smallest absolute Gasteiger partial charge is 0.0827 e. The van der Waals surface area contributed by atoms with E-state index in [0.717, 1.165) is 11.4 Å². The molecule has 3 heteroatoms. The van der Waals surface area contributed by atoms with Gasteiger partial charge in [-0.25, -0.2) is 0 Å². The summed E-state index contributed by atoms with van der Waals surface area (Å²) in [5.41, 5.74) is 6.85. The molecule has 0 saturated heterocycles. The monoisotopic (exact) mass is 135 g/mol. The number of nitrogens with two attached hydrogens (primary N) is 1. The molecule has 52 valence electrons. The maximum atomic E-state index is 5.15. The minimum atomic E-state index is 0.785. The van der Waals surface area contributed by atoms with Gasteiger partial charge in [-0.1, -0.05) is 0 Å². The third kappa shape index (κ3) is 1.55. The number of aromatic nitrogens is 2. The molecule has 1 heterocycles. The quantitative estimate of drug-likeness (QED) is 0.617. The van der Waals surface area contributed by atoms with Gasteiger partial charge in [-0.2, -0.15) is 0 Å².